The highest BCUT2D eigenvalue weighted by Gasteiger charge is 2.14. The highest BCUT2D eigenvalue weighted by molar-refractivity contribution is 6.30. The van der Waals surface area contributed by atoms with Gasteiger partial charge >= 0.3 is 0 Å². The summed E-state index contributed by atoms with van der Waals surface area (Å²) in [6, 6.07) is 11.1. The first-order valence-corrected chi connectivity index (χ1v) is 5.93. The lowest BCUT2D eigenvalue weighted by Gasteiger charge is -2.14. The number of halogens is 2. The molecule has 2 N–H and O–H groups in total. The molecule has 18 heavy (non-hydrogen) atoms. The molecule has 0 amide bonds. The minimum absolute atomic E-state index is 0.364. The maximum absolute atomic E-state index is 13.7. The number of ether oxygens (including phenoxy) is 1. The van der Waals surface area contributed by atoms with Crippen molar-refractivity contribution in [3.8, 4) is 11.5 Å². The average Bonchev–Trinajstić information content (AvgIpc) is 2.32. The largest absolute Gasteiger partial charge is 0.457 e. The van der Waals surface area contributed by atoms with Crippen molar-refractivity contribution in [1.29, 1.82) is 0 Å². The number of nitrogens with two attached hydrogens (primary N) is 1. The van der Waals surface area contributed by atoms with Gasteiger partial charge in [-0.15, -0.1) is 0 Å². The van der Waals surface area contributed by atoms with Crippen LogP contribution < -0.4 is 10.5 Å². The lowest BCUT2D eigenvalue weighted by molar-refractivity contribution is 0.461. The van der Waals surface area contributed by atoms with Crippen LogP contribution in [0, 0.1) is 5.82 Å². The smallest absolute Gasteiger partial charge is 0.135 e. The van der Waals surface area contributed by atoms with E-state index in [1.807, 2.05) is 0 Å². The summed E-state index contributed by atoms with van der Waals surface area (Å²) in [5.41, 5.74) is 6.12. The monoisotopic (exact) mass is 265 g/mol. The van der Waals surface area contributed by atoms with Crippen molar-refractivity contribution in [2.45, 2.75) is 13.0 Å². The van der Waals surface area contributed by atoms with Crippen molar-refractivity contribution in [1.82, 2.24) is 0 Å². The van der Waals surface area contributed by atoms with Gasteiger partial charge in [0.05, 0.1) is 0 Å². The van der Waals surface area contributed by atoms with Gasteiger partial charge in [0, 0.05) is 16.6 Å². The van der Waals surface area contributed by atoms with E-state index >= 15 is 0 Å². The van der Waals surface area contributed by atoms with Crippen molar-refractivity contribution < 1.29 is 9.13 Å². The van der Waals surface area contributed by atoms with Gasteiger partial charge in [-0.3, -0.25) is 0 Å². The molecule has 4 heteroatoms. The van der Waals surface area contributed by atoms with Crippen LogP contribution in [-0.4, -0.2) is 0 Å². The molecule has 2 aromatic rings. The highest BCUT2D eigenvalue weighted by atomic mass is 35.5. The van der Waals surface area contributed by atoms with Crippen molar-refractivity contribution >= 4 is 11.6 Å². The van der Waals surface area contributed by atoms with Crippen LogP contribution in [0.5, 0.6) is 11.5 Å². The zero-order valence-corrected chi connectivity index (χ0v) is 10.6. The molecule has 0 fully saturated rings. The van der Waals surface area contributed by atoms with Gasteiger partial charge in [0.15, 0.2) is 0 Å². The molecule has 2 rings (SSSR count). The van der Waals surface area contributed by atoms with Gasteiger partial charge in [-0.05, 0) is 43.3 Å². The van der Waals surface area contributed by atoms with Gasteiger partial charge in [-0.25, -0.2) is 4.39 Å². The minimum atomic E-state index is -0.437. The number of hydrogen-bond acceptors (Lipinski definition) is 2. The topological polar surface area (TPSA) is 35.2 Å². The van der Waals surface area contributed by atoms with Gasteiger partial charge in [-0.2, -0.15) is 0 Å². The molecule has 0 aromatic heterocycles. The molecule has 0 saturated carbocycles. The van der Waals surface area contributed by atoms with Crippen molar-refractivity contribution in [3.05, 3.63) is 58.9 Å². The third-order valence-electron chi connectivity index (χ3n) is 2.51. The van der Waals surface area contributed by atoms with Crippen LogP contribution in [0.25, 0.3) is 0 Å². The van der Waals surface area contributed by atoms with Crippen LogP contribution in [0.15, 0.2) is 42.5 Å². The Bertz CT molecular complexity index is 540. The van der Waals surface area contributed by atoms with E-state index in [0.29, 0.717) is 22.1 Å². The summed E-state index contributed by atoms with van der Waals surface area (Å²) in [5, 5.41) is 0.619. The van der Waals surface area contributed by atoms with Gasteiger partial charge in [0.1, 0.15) is 17.3 Å². The lowest BCUT2D eigenvalue weighted by atomic mass is 10.1. The van der Waals surface area contributed by atoms with E-state index in [-0.39, 0.29) is 5.82 Å². The Balaban J connectivity index is 2.34. The third-order valence-corrected chi connectivity index (χ3v) is 2.76. The summed E-state index contributed by atoms with van der Waals surface area (Å²) < 4.78 is 19.3. The summed E-state index contributed by atoms with van der Waals surface area (Å²) in [6.45, 7) is 1.72. The van der Waals surface area contributed by atoms with Crippen molar-refractivity contribution in [3.63, 3.8) is 0 Å². The highest BCUT2D eigenvalue weighted by Crippen LogP contribution is 2.31. The second kappa shape index (κ2) is 5.38. The molecule has 0 aliphatic carbocycles. The molecule has 0 saturated heterocycles. The molecule has 1 atom stereocenters. The summed E-state index contributed by atoms with van der Waals surface area (Å²) in [6.07, 6.45) is 0. The Kier molecular flexibility index (Phi) is 3.84. The number of benzene rings is 2. The second-order valence-electron chi connectivity index (χ2n) is 4.00. The molecule has 0 heterocycles. The van der Waals surface area contributed by atoms with E-state index in [2.05, 4.69) is 0 Å². The van der Waals surface area contributed by atoms with E-state index < -0.39 is 6.04 Å². The molecule has 0 radical (unpaired) electrons. The summed E-state index contributed by atoms with van der Waals surface area (Å²) in [7, 11) is 0. The van der Waals surface area contributed by atoms with Crippen LogP contribution in [0.4, 0.5) is 4.39 Å². The maximum Gasteiger partial charge on any atom is 0.135 e. The quantitative estimate of drug-likeness (QED) is 0.898. The second-order valence-corrected chi connectivity index (χ2v) is 4.43. The number of rotatable bonds is 3. The van der Waals surface area contributed by atoms with E-state index in [9.17, 15) is 4.39 Å². The fourth-order valence-electron chi connectivity index (χ4n) is 1.68. The predicted molar refractivity (Wildman–Crippen MR) is 70.5 cm³/mol. The molecular formula is C14H13ClFNO. The van der Waals surface area contributed by atoms with Gasteiger partial charge in [0.25, 0.3) is 0 Å². The van der Waals surface area contributed by atoms with Gasteiger partial charge < -0.3 is 10.5 Å². The maximum atomic E-state index is 13.7. The zero-order valence-electron chi connectivity index (χ0n) is 9.86. The summed E-state index contributed by atoms with van der Waals surface area (Å²) in [4.78, 5) is 0. The first-order valence-electron chi connectivity index (χ1n) is 5.55. The van der Waals surface area contributed by atoms with Crippen LogP contribution in [0.3, 0.4) is 0 Å². The van der Waals surface area contributed by atoms with Gasteiger partial charge in [-0.1, -0.05) is 17.7 Å². The summed E-state index contributed by atoms with van der Waals surface area (Å²) >= 11 is 5.79. The fraction of sp³-hybridized carbons (Fsp3) is 0.143. The minimum Gasteiger partial charge on any atom is -0.457 e. The van der Waals surface area contributed by atoms with E-state index in [1.54, 1.807) is 43.3 Å². The molecular weight excluding hydrogens is 253 g/mol. The normalized spacial score (nSPS) is 12.2. The predicted octanol–water partition coefficient (Wildman–Crippen LogP) is 4.29. The van der Waals surface area contributed by atoms with Crippen LogP contribution >= 0.6 is 11.6 Å². The Morgan fingerprint density at radius 2 is 1.83 bits per heavy atom. The zero-order chi connectivity index (χ0) is 13.1. The van der Waals surface area contributed by atoms with Crippen LogP contribution in [0.2, 0.25) is 5.02 Å². The first kappa shape index (κ1) is 12.9. The first-order chi connectivity index (χ1) is 8.58. The number of hydrogen-bond donors (Lipinski definition) is 1. The SMILES string of the molecule is CC(N)c1c(F)cccc1Oc1ccc(Cl)cc1. The van der Waals surface area contributed by atoms with E-state index in [4.69, 9.17) is 22.1 Å². The standard InChI is InChI=1S/C14H13ClFNO/c1-9(17)14-12(16)3-2-4-13(14)18-11-7-5-10(15)6-8-11/h2-9H,17H2,1H3. The van der Waals surface area contributed by atoms with Crippen LogP contribution in [0.1, 0.15) is 18.5 Å². The Morgan fingerprint density at radius 1 is 1.17 bits per heavy atom. The molecule has 94 valence electrons. The molecule has 0 aliphatic heterocycles. The Morgan fingerprint density at radius 3 is 2.44 bits per heavy atom. The third kappa shape index (κ3) is 2.81. The molecule has 0 aliphatic rings. The average molecular weight is 266 g/mol. The molecule has 0 bridgehead atoms. The summed E-state index contributed by atoms with van der Waals surface area (Å²) in [5.74, 6) is 0.649. The van der Waals surface area contributed by atoms with Gasteiger partial charge in [0.2, 0.25) is 0 Å². The molecule has 1 unspecified atom stereocenters. The van der Waals surface area contributed by atoms with E-state index in [1.165, 1.54) is 6.07 Å². The Labute approximate surface area is 110 Å². The van der Waals surface area contributed by atoms with Crippen molar-refractivity contribution in [2.75, 3.05) is 0 Å². The van der Waals surface area contributed by atoms with Crippen molar-refractivity contribution in [2.24, 2.45) is 5.73 Å². The van der Waals surface area contributed by atoms with E-state index in [0.717, 1.165) is 0 Å². The fourth-order valence-corrected chi connectivity index (χ4v) is 1.80. The Hall–Kier alpha value is -1.58. The molecule has 2 nitrogen and oxygen atoms in total. The molecule has 2 aromatic carbocycles. The lowest BCUT2D eigenvalue weighted by Crippen LogP contribution is -2.09. The molecule has 0 spiro atoms. The van der Waals surface area contributed by atoms with Crippen LogP contribution in [-0.2, 0) is 0 Å².